The van der Waals surface area contributed by atoms with Gasteiger partial charge in [0.25, 0.3) is 0 Å². The molecule has 0 saturated carbocycles. The van der Waals surface area contributed by atoms with E-state index in [0.29, 0.717) is 0 Å². The molecule has 0 fully saturated rings. The second-order valence-corrected chi connectivity index (χ2v) is 15.0. The Balaban J connectivity index is 0.977. The fraction of sp³-hybridized carbons (Fsp3) is 0.0566. The van der Waals surface area contributed by atoms with Gasteiger partial charge in [-0.15, -0.1) is 0 Å². The lowest BCUT2D eigenvalue weighted by molar-refractivity contribution is 0.619. The zero-order valence-corrected chi connectivity index (χ0v) is 31.4. The average Bonchev–Trinajstić information content (AvgIpc) is 3.75. The highest BCUT2D eigenvalue weighted by Crippen LogP contribution is 2.54. The Bertz CT molecular complexity index is 2710. The van der Waals surface area contributed by atoms with E-state index in [9.17, 15) is 0 Å². The molecular formula is C53H40N2O. The number of hydrogen-bond acceptors (Lipinski definition) is 3. The second kappa shape index (κ2) is 13.6. The summed E-state index contributed by atoms with van der Waals surface area (Å²) in [6, 6.07) is 73.4. The van der Waals surface area contributed by atoms with Crippen molar-refractivity contribution < 1.29 is 4.42 Å². The topological polar surface area (TPSA) is 19.6 Å². The van der Waals surface area contributed by atoms with Crippen LogP contribution in [-0.2, 0) is 5.41 Å². The highest BCUT2D eigenvalue weighted by atomic mass is 16.3. The van der Waals surface area contributed by atoms with E-state index in [2.05, 4.69) is 230 Å². The van der Waals surface area contributed by atoms with Gasteiger partial charge in [-0.2, -0.15) is 0 Å². The zero-order chi connectivity index (χ0) is 37.6. The van der Waals surface area contributed by atoms with E-state index in [1.54, 1.807) is 0 Å². The van der Waals surface area contributed by atoms with Crippen LogP contribution in [0.1, 0.15) is 25.0 Å². The molecule has 0 amide bonds. The van der Waals surface area contributed by atoms with Gasteiger partial charge >= 0.3 is 0 Å². The van der Waals surface area contributed by atoms with Gasteiger partial charge in [-0.25, -0.2) is 0 Å². The molecule has 10 rings (SSSR count). The number of benzene rings is 8. The van der Waals surface area contributed by atoms with Crippen molar-refractivity contribution in [2.45, 2.75) is 19.3 Å². The Hall–Kier alpha value is -7.10. The molecule has 3 nitrogen and oxygen atoms in total. The number of rotatable bonds is 8. The third kappa shape index (κ3) is 5.77. The summed E-state index contributed by atoms with van der Waals surface area (Å²) in [5.41, 5.74) is 15.9. The molecule has 56 heavy (non-hydrogen) atoms. The Morgan fingerprint density at radius 2 is 0.750 bits per heavy atom. The molecule has 1 aliphatic rings. The van der Waals surface area contributed by atoms with E-state index in [1.807, 2.05) is 0 Å². The Morgan fingerprint density at radius 1 is 0.375 bits per heavy atom. The minimum absolute atomic E-state index is 0.210. The largest absolute Gasteiger partial charge is 0.456 e. The molecule has 0 bridgehead atoms. The summed E-state index contributed by atoms with van der Waals surface area (Å²) in [6.45, 7) is 4.65. The first-order valence-corrected chi connectivity index (χ1v) is 19.3. The number of nitrogens with zero attached hydrogens (tertiary/aromatic N) is 2. The van der Waals surface area contributed by atoms with Gasteiger partial charge < -0.3 is 14.2 Å². The number of para-hydroxylation sites is 4. The van der Waals surface area contributed by atoms with Crippen molar-refractivity contribution in [1.29, 1.82) is 0 Å². The van der Waals surface area contributed by atoms with Crippen LogP contribution >= 0.6 is 0 Å². The molecule has 1 heterocycles. The van der Waals surface area contributed by atoms with Crippen LogP contribution in [0.15, 0.2) is 211 Å². The maximum absolute atomic E-state index is 6.74. The summed E-state index contributed by atoms with van der Waals surface area (Å²) < 4.78 is 6.74. The third-order valence-corrected chi connectivity index (χ3v) is 11.2. The zero-order valence-electron chi connectivity index (χ0n) is 31.4. The van der Waals surface area contributed by atoms with Crippen LogP contribution in [0.4, 0.5) is 34.1 Å². The van der Waals surface area contributed by atoms with Gasteiger partial charge in [0.05, 0.1) is 0 Å². The smallest absolute Gasteiger partial charge is 0.139 e. The Labute approximate surface area is 328 Å². The van der Waals surface area contributed by atoms with Gasteiger partial charge in [0, 0.05) is 56.1 Å². The lowest BCUT2D eigenvalue weighted by Gasteiger charge is -2.25. The van der Waals surface area contributed by atoms with E-state index in [1.165, 1.54) is 44.3 Å². The number of furan rings is 1. The molecule has 0 aliphatic heterocycles. The van der Waals surface area contributed by atoms with Crippen LogP contribution in [0, 0.1) is 0 Å². The molecule has 8 aromatic carbocycles. The van der Waals surface area contributed by atoms with E-state index >= 15 is 0 Å². The van der Waals surface area contributed by atoms with Gasteiger partial charge in [0.1, 0.15) is 11.3 Å². The summed E-state index contributed by atoms with van der Waals surface area (Å²) in [5.74, 6) is 0.978. The summed E-state index contributed by atoms with van der Waals surface area (Å²) in [7, 11) is 0. The molecule has 1 aromatic heterocycles. The van der Waals surface area contributed by atoms with Crippen LogP contribution < -0.4 is 9.80 Å². The molecule has 0 atom stereocenters. The standard InChI is InChI=1S/C53H40N2O/c1-53(2)49-33-27-39(37-23-29-45(30-24-37)54(41-15-7-3-8-16-41)42-17-9-4-10-18-42)35-47(49)52-51(53)48-36-40(28-34-50(48)56-52)38-25-31-46(32-26-38)55(43-19-11-5-12-20-43)44-21-13-6-14-22-44/h3-36H,1-2H3. The summed E-state index contributed by atoms with van der Waals surface area (Å²) in [6.07, 6.45) is 0. The van der Waals surface area contributed by atoms with Crippen LogP contribution in [0.2, 0.25) is 0 Å². The monoisotopic (exact) mass is 720 g/mol. The average molecular weight is 721 g/mol. The van der Waals surface area contributed by atoms with Crippen molar-refractivity contribution in [1.82, 2.24) is 0 Å². The Morgan fingerprint density at radius 3 is 1.20 bits per heavy atom. The van der Waals surface area contributed by atoms with Crippen LogP contribution in [-0.4, -0.2) is 0 Å². The molecular weight excluding hydrogens is 681 g/mol. The van der Waals surface area contributed by atoms with Crippen LogP contribution in [0.3, 0.4) is 0 Å². The number of fused-ring (bicyclic) bond motifs is 5. The van der Waals surface area contributed by atoms with Gasteiger partial charge in [0.15, 0.2) is 0 Å². The summed E-state index contributed by atoms with van der Waals surface area (Å²) in [5, 5.41) is 1.17. The van der Waals surface area contributed by atoms with Crippen molar-refractivity contribution >= 4 is 45.1 Å². The summed E-state index contributed by atoms with van der Waals surface area (Å²) >= 11 is 0. The first-order valence-electron chi connectivity index (χ1n) is 19.3. The minimum atomic E-state index is -0.210. The van der Waals surface area contributed by atoms with Gasteiger partial charge in [-0.05, 0) is 119 Å². The fourth-order valence-corrected chi connectivity index (χ4v) is 8.49. The molecule has 0 spiro atoms. The van der Waals surface area contributed by atoms with E-state index in [0.717, 1.165) is 45.5 Å². The molecule has 3 heteroatoms. The van der Waals surface area contributed by atoms with Crippen molar-refractivity contribution in [3.8, 4) is 33.6 Å². The van der Waals surface area contributed by atoms with Crippen molar-refractivity contribution in [2.75, 3.05) is 9.80 Å². The van der Waals surface area contributed by atoms with E-state index < -0.39 is 0 Å². The maximum Gasteiger partial charge on any atom is 0.139 e. The molecule has 268 valence electrons. The van der Waals surface area contributed by atoms with Gasteiger partial charge in [0.2, 0.25) is 0 Å². The molecule has 0 N–H and O–H groups in total. The quantitative estimate of drug-likeness (QED) is 0.156. The molecule has 0 radical (unpaired) electrons. The predicted octanol–water partition coefficient (Wildman–Crippen LogP) is 15.0. The van der Waals surface area contributed by atoms with Crippen molar-refractivity contribution in [3.05, 3.63) is 217 Å². The van der Waals surface area contributed by atoms with Gasteiger partial charge in [-0.3, -0.25) is 0 Å². The van der Waals surface area contributed by atoms with Gasteiger partial charge in [-0.1, -0.05) is 129 Å². The SMILES string of the molecule is CC1(C)c2ccc(-c3ccc(N(c4ccccc4)c4ccccc4)cc3)cc2-c2oc3ccc(-c4ccc(N(c5ccccc5)c5ccccc5)cc4)cc3c21. The highest BCUT2D eigenvalue weighted by Gasteiger charge is 2.40. The molecule has 0 saturated heterocycles. The fourth-order valence-electron chi connectivity index (χ4n) is 8.49. The molecule has 9 aromatic rings. The normalized spacial score (nSPS) is 12.6. The van der Waals surface area contributed by atoms with E-state index in [4.69, 9.17) is 4.42 Å². The maximum atomic E-state index is 6.74. The van der Waals surface area contributed by atoms with E-state index in [-0.39, 0.29) is 5.41 Å². The first kappa shape index (κ1) is 33.5. The van der Waals surface area contributed by atoms with Crippen molar-refractivity contribution in [3.63, 3.8) is 0 Å². The van der Waals surface area contributed by atoms with Crippen LogP contribution in [0.5, 0.6) is 0 Å². The predicted molar refractivity (Wildman–Crippen MR) is 234 cm³/mol. The lowest BCUT2D eigenvalue weighted by Crippen LogP contribution is -2.14. The molecule has 0 unspecified atom stereocenters. The number of hydrogen-bond donors (Lipinski definition) is 0. The Kier molecular flexibility index (Phi) is 8.15. The third-order valence-electron chi connectivity index (χ3n) is 11.2. The van der Waals surface area contributed by atoms with Crippen molar-refractivity contribution in [2.24, 2.45) is 0 Å². The first-order chi connectivity index (χ1) is 27.5. The minimum Gasteiger partial charge on any atom is -0.456 e. The molecule has 1 aliphatic carbocycles. The lowest BCUT2D eigenvalue weighted by atomic mass is 9.81. The van der Waals surface area contributed by atoms with Crippen LogP contribution in [0.25, 0.3) is 44.5 Å². The second-order valence-electron chi connectivity index (χ2n) is 15.0. The highest BCUT2D eigenvalue weighted by molar-refractivity contribution is 5.97. The summed E-state index contributed by atoms with van der Waals surface area (Å²) in [4.78, 5) is 4.59. The number of anilines is 6.